The van der Waals surface area contributed by atoms with Crippen molar-refractivity contribution >= 4 is 10.0 Å². The summed E-state index contributed by atoms with van der Waals surface area (Å²) in [4.78, 5) is 0.126. The molecule has 1 unspecified atom stereocenters. The Labute approximate surface area is 122 Å². The van der Waals surface area contributed by atoms with Gasteiger partial charge in [0.1, 0.15) is 12.4 Å². The van der Waals surface area contributed by atoms with Gasteiger partial charge in [-0.05, 0) is 37.2 Å². The molecular weight excluding hydrogens is 302 g/mol. The normalized spacial score (nSPS) is 19.4. The van der Waals surface area contributed by atoms with Crippen LogP contribution in [0.3, 0.4) is 0 Å². The summed E-state index contributed by atoms with van der Waals surface area (Å²) in [5.74, 6) is 0.222. The number of likely N-dealkylation sites (N-methyl/N-ethyl adjacent to an activating group) is 1. The van der Waals surface area contributed by atoms with Crippen LogP contribution in [0.5, 0.6) is 5.75 Å². The molecule has 1 fully saturated rings. The molecule has 1 aliphatic heterocycles. The van der Waals surface area contributed by atoms with E-state index in [4.69, 9.17) is 4.74 Å². The Morgan fingerprint density at radius 3 is 2.57 bits per heavy atom. The highest BCUT2D eigenvalue weighted by molar-refractivity contribution is 7.89. The van der Waals surface area contributed by atoms with Crippen LogP contribution in [0.2, 0.25) is 0 Å². The van der Waals surface area contributed by atoms with Gasteiger partial charge >= 0.3 is 0 Å². The zero-order valence-corrected chi connectivity index (χ0v) is 12.4. The quantitative estimate of drug-likeness (QED) is 0.859. The van der Waals surface area contributed by atoms with Gasteiger partial charge in [0.15, 0.2) is 0 Å². The summed E-state index contributed by atoms with van der Waals surface area (Å²) < 4.78 is 55.1. The number of halogens is 2. The molecule has 0 spiro atoms. The van der Waals surface area contributed by atoms with E-state index < -0.39 is 23.1 Å². The lowest BCUT2D eigenvalue weighted by molar-refractivity contribution is 0.0819. The number of hydrogen-bond acceptors (Lipinski definition) is 4. The van der Waals surface area contributed by atoms with Gasteiger partial charge in [-0.15, -0.1) is 0 Å². The number of sulfonamides is 1. The number of ether oxygens (including phenoxy) is 1. The molecule has 1 N–H and O–H groups in total. The minimum absolute atomic E-state index is 0.0650. The highest BCUT2D eigenvalue weighted by Gasteiger charge is 2.29. The zero-order chi connectivity index (χ0) is 15.5. The molecule has 0 aliphatic carbocycles. The smallest absolute Gasteiger partial charge is 0.272 e. The molecule has 1 aromatic rings. The summed E-state index contributed by atoms with van der Waals surface area (Å²) in [7, 11) is -2.03. The minimum Gasteiger partial charge on any atom is -0.488 e. The Morgan fingerprint density at radius 1 is 1.38 bits per heavy atom. The van der Waals surface area contributed by atoms with Crippen LogP contribution in [0.25, 0.3) is 0 Å². The Bertz CT molecular complexity index is 557. The first kappa shape index (κ1) is 16.1. The molecule has 0 bridgehead atoms. The van der Waals surface area contributed by atoms with E-state index in [1.54, 1.807) is 7.05 Å². The van der Waals surface area contributed by atoms with Gasteiger partial charge in [0.2, 0.25) is 10.0 Å². The first-order chi connectivity index (χ1) is 9.91. The summed E-state index contributed by atoms with van der Waals surface area (Å²) >= 11 is 0. The first-order valence-electron chi connectivity index (χ1n) is 6.61. The van der Waals surface area contributed by atoms with E-state index >= 15 is 0 Å². The number of benzene rings is 1. The van der Waals surface area contributed by atoms with Crippen LogP contribution in [0.1, 0.15) is 6.42 Å². The van der Waals surface area contributed by atoms with Crippen LogP contribution in [-0.4, -0.2) is 51.9 Å². The van der Waals surface area contributed by atoms with Crippen molar-refractivity contribution in [1.29, 1.82) is 0 Å². The third kappa shape index (κ3) is 3.90. The van der Waals surface area contributed by atoms with E-state index in [1.807, 2.05) is 0 Å². The van der Waals surface area contributed by atoms with Gasteiger partial charge in [0.05, 0.1) is 4.90 Å². The molecule has 8 heteroatoms. The number of nitrogens with zero attached hydrogens (tertiary/aromatic N) is 1. The fourth-order valence-electron chi connectivity index (χ4n) is 2.18. The second kappa shape index (κ2) is 6.67. The lowest BCUT2D eigenvalue weighted by Crippen LogP contribution is -2.38. The molecule has 21 heavy (non-hydrogen) atoms. The van der Waals surface area contributed by atoms with Crippen molar-refractivity contribution in [2.24, 2.45) is 0 Å². The summed E-state index contributed by atoms with van der Waals surface area (Å²) in [6, 6.07) is 5.44. The number of hydrogen-bond donors (Lipinski definition) is 1. The fourth-order valence-corrected chi connectivity index (χ4v) is 3.56. The molecule has 0 saturated carbocycles. The predicted octanol–water partition coefficient (Wildman–Crippen LogP) is 1.31. The van der Waals surface area contributed by atoms with Gasteiger partial charge in [0.25, 0.3) is 6.43 Å². The molecular formula is C13H18F2N2O3S. The third-order valence-corrected chi connectivity index (χ3v) is 5.35. The van der Waals surface area contributed by atoms with E-state index in [1.165, 1.54) is 28.6 Å². The largest absolute Gasteiger partial charge is 0.488 e. The van der Waals surface area contributed by atoms with Gasteiger partial charge in [-0.2, -0.15) is 4.31 Å². The minimum atomic E-state index is -3.58. The zero-order valence-electron chi connectivity index (χ0n) is 11.6. The Balaban J connectivity index is 2.09. The van der Waals surface area contributed by atoms with Crippen molar-refractivity contribution in [3.8, 4) is 5.75 Å². The molecule has 0 aromatic heterocycles. The Kier molecular flexibility index (Phi) is 5.13. The number of rotatable bonds is 6. The van der Waals surface area contributed by atoms with Gasteiger partial charge < -0.3 is 10.1 Å². The molecule has 1 aromatic carbocycles. The van der Waals surface area contributed by atoms with Crippen LogP contribution in [0.15, 0.2) is 29.2 Å². The van der Waals surface area contributed by atoms with Crippen molar-refractivity contribution in [2.45, 2.75) is 23.8 Å². The van der Waals surface area contributed by atoms with Crippen molar-refractivity contribution < 1.29 is 21.9 Å². The molecule has 1 saturated heterocycles. The lowest BCUT2D eigenvalue weighted by atomic mass is 10.3. The molecule has 1 aliphatic rings. The van der Waals surface area contributed by atoms with Gasteiger partial charge in [-0.3, -0.25) is 0 Å². The van der Waals surface area contributed by atoms with Crippen LogP contribution >= 0.6 is 0 Å². The van der Waals surface area contributed by atoms with Crippen molar-refractivity contribution in [1.82, 2.24) is 9.62 Å². The number of alkyl halides is 2. The fraction of sp³-hybridized carbons (Fsp3) is 0.538. The standard InChI is InChI=1S/C13H18F2N2O3S/c1-17(10-6-7-16-8-10)21(18,19)12-4-2-11(3-5-12)20-9-13(14)15/h2-5,10,13,16H,6-9H2,1H3. The maximum absolute atomic E-state index is 12.4. The predicted molar refractivity (Wildman–Crippen MR) is 74.2 cm³/mol. The van der Waals surface area contributed by atoms with Crippen LogP contribution in [-0.2, 0) is 10.0 Å². The van der Waals surface area contributed by atoms with Crippen molar-refractivity contribution in [3.05, 3.63) is 24.3 Å². The summed E-state index contributed by atoms with van der Waals surface area (Å²) in [5, 5.41) is 3.12. The molecule has 5 nitrogen and oxygen atoms in total. The molecule has 0 radical (unpaired) electrons. The maximum atomic E-state index is 12.4. The number of nitrogens with one attached hydrogen (secondary N) is 1. The lowest BCUT2D eigenvalue weighted by Gasteiger charge is -2.23. The van der Waals surface area contributed by atoms with E-state index in [9.17, 15) is 17.2 Å². The average molecular weight is 320 g/mol. The van der Waals surface area contributed by atoms with E-state index in [0.717, 1.165) is 13.0 Å². The van der Waals surface area contributed by atoms with Crippen LogP contribution < -0.4 is 10.1 Å². The van der Waals surface area contributed by atoms with Crippen molar-refractivity contribution in [2.75, 3.05) is 26.7 Å². The van der Waals surface area contributed by atoms with Crippen molar-refractivity contribution in [3.63, 3.8) is 0 Å². The third-order valence-electron chi connectivity index (χ3n) is 3.43. The summed E-state index contributed by atoms with van der Waals surface area (Å²) in [6.45, 7) is 0.718. The molecule has 118 valence electrons. The first-order valence-corrected chi connectivity index (χ1v) is 8.05. The highest BCUT2D eigenvalue weighted by atomic mass is 32.2. The van der Waals surface area contributed by atoms with E-state index in [0.29, 0.717) is 6.54 Å². The van der Waals surface area contributed by atoms with Crippen LogP contribution in [0.4, 0.5) is 8.78 Å². The van der Waals surface area contributed by atoms with E-state index in [2.05, 4.69) is 5.32 Å². The summed E-state index contributed by atoms with van der Waals surface area (Å²) in [6.07, 6.45) is -1.79. The average Bonchev–Trinajstić information content (AvgIpc) is 2.98. The second-order valence-corrected chi connectivity index (χ2v) is 6.84. The monoisotopic (exact) mass is 320 g/mol. The van der Waals surface area contributed by atoms with Gasteiger partial charge in [-0.25, -0.2) is 17.2 Å². The SMILES string of the molecule is CN(C1CCNC1)S(=O)(=O)c1ccc(OCC(F)F)cc1. The maximum Gasteiger partial charge on any atom is 0.272 e. The van der Waals surface area contributed by atoms with Gasteiger partial charge in [-0.1, -0.05) is 0 Å². The summed E-state index contributed by atoms with van der Waals surface area (Å²) in [5.41, 5.74) is 0. The highest BCUT2D eigenvalue weighted by Crippen LogP contribution is 2.22. The van der Waals surface area contributed by atoms with Crippen LogP contribution in [0, 0.1) is 0 Å². The molecule has 2 rings (SSSR count). The Hall–Kier alpha value is -1.25. The molecule has 0 amide bonds. The molecule has 1 atom stereocenters. The Morgan fingerprint density at radius 2 is 2.05 bits per heavy atom. The van der Waals surface area contributed by atoms with Gasteiger partial charge in [0, 0.05) is 19.6 Å². The van der Waals surface area contributed by atoms with E-state index in [-0.39, 0.29) is 16.7 Å². The molecule has 1 heterocycles. The topological polar surface area (TPSA) is 58.6 Å². The second-order valence-electron chi connectivity index (χ2n) is 4.84.